The summed E-state index contributed by atoms with van der Waals surface area (Å²) in [6.07, 6.45) is 2.28. The first-order chi connectivity index (χ1) is 6.20. The predicted molar refractivity (Wildman–Crippen MR) is 49.2 cm³/mol. The Balaban J connectivity index is 3.25. The summed E-state index contributed by atoms with van der Waals surface area (Å²) in [6.45, 7) is 2.29. The molecule has 0 aliphatic rings. The van der Waals surface area contributed by atoms with Crippen molar-refractivity contribution in [3.8, 4) is 0 Å². The molecule has 0 rings (SSSR count). The molecule has 0 fully saturated rings. The molecule has 4 heteroatoms. The molecular weight excluding hydrogens is 170 g/mol. The zero-order valence-electron chi connectivity index (χ0n) is 8.04. The number of carbonyl (C=O) groups excluding carboxylic acids is 2. The third kappa shape index (κ3) is 7.46. The van der Waals surface area contributed by atoms with Crippen LogP contribution in [0.15, 0.2) is 0 Å². The van der Waals surface area contributed by atoms with Crippen LogP contribution in [0.2, 0.25) is 0 Å². The Morgan fingerprint density at radius 2 is 1.85 bits per heavy atom. The number of unbranched alkanes of at least 4 members (excludes halogenated alkanes) is 1. The molecule has 0 aromatic rings. The van der Waals surface area contributed by atoms with E-state index in [1.54, 1.807) is 6.92 Å². The highest BCUT2D eigenvalue weighted by molar-refractivity contribution is 5.80. The first-order valence-corrected chi connectivity index (χ1v) is 4.58. The van der Waals surface area contributed by atoms with Gasteiger partial charge in [0.25, 0.3) is 0 Å². The van der Waals surface area contributed by atoms with Crippen LogP contribution in [-0.2, 0) is 14.3 Å². The summed E-state index contributed by atoms with van der Waals surface area (Å²) in [4.78, 5) is 21.6. The van der Waals surface area contributed by atoms with E-state index in [2.05, 4.69) is 0 Å². The molecule has 0 bridgehead atoms. The molecule has 4 nitrogen and oxygen atoms in total. The number of rotatable bonds is 7. The maximum atomic E-state index is 10.8. The molecule has 0 saturated heterocycles. The van der Waals surface area contributed by atoms with E-state index in [1.807, 2.05) is 0 Å². The largest absolute Gasteiger partial charge is 0.466 e. The SMILES string of the molecule is CCOC(=O)CCCCC(=O)CN. The van der Waals surface area contributed by atoms with Gasteiger partial charge in [0, 0.05) is 12.8 Å². The minimum absolute atomic E-state index is 0.0452. The van der Waals surface area contributed by atoms with Crippen LogP contribution in [0.25, 0.3) is 0 Å². The van der Waals surface area contributed by atoms with Crippen LogP contribution < -0.4 is 5.73 Å². The van der Waals surface area contributed by atoms with Gasteiger partial charge < -0.3 is 10.5 Å². The molecule has 0 aliphatic carbocycles. The minimum Gasteiger partial charge on any atom is -0.466 e. The van der Waals surface area contributed by atoms with Gasteiger partial charge in [0.15, 0.2) is 0 Å². The fraction of sp³-hybridized carbons (Fsp3) is 0.778. The number of ketones is 1. The van der Waals surface area contributed by atoms with Gasteiger partial charge >= 0.3 is 5.97 Å². The molecule has 0 aromatic carbocycles. The standard InChI is InChI=1S/C9H17NO3/c1-2-13-9(12)6-4-3-5-8(11)7-10/h2-7,10H2,1H3. The number of carbonyl (C=O) groups is 2. The van der Waals surface area contributed by atoms with Gasteiger partial charge in [-0.15, -0.1) is 0 Å². The highest BCUT2D eigenvalue weighted by Gasteiger charge is 2.02. The zero-order valence-corrected chi connectivity index (χ0v) is 8.04. The second-order valence-corrected chi connectivity index (χ2v) is 2.75. The Bertz CT molecular complexity index is 168. The van der Waals surface area contributed by atoms with Crippen molar-refractivity contribution in [3.05, 3.63) is 0 Å². The summed E-state index contributed by atoms with van der Waals surface area (Å²) in [5.74, 6) is -0.147. The van der Waals surface area contributed by atoms with Crippen LogP contribution >= 0.6 is 0 Å². The number of nitrogens with two attached hydrogens (primary N) is 1. The lowest BCUT2D eigenvalue weighted by atomic mass is 10.1. The average molecular weight is 187 g/mol. The fourth-order valence-corrected chi connectivity index (χ4v) is 0.927. The topological polar surface area (TPSA) is 69.4 Å². The van der Waals surface area contributed by atoms with Crippen molar-refractivity contribution in [2.45, 2.75) is 32.6 Å². The van der Waals surface area contributed by atoms with Gasteiger partial charge in [-0.3, -0.25) is 9.59 Å². The van der Waals surface area contributed by atoms with Crippen molar-refractivity contribution in [3.63, 3.8) is 0 Å². The van der Waals surface area contributed by atoms with Crippen molar-refractivity contribution < 1.29 is 14.3 Å². The third-order valence-corrected chi connectivity index (χ3v) is 1.62. The van der Waals surface area contributed by atoms with Gasteiger partial charge in [-0.1, -0.05) is 0 Å². The van der Waals surface area contributed by atoms with Gasteiger partial charge in [0.05, 0.1) is 13.2 Å². The quantitative estimate of drug-likeness (QED) is 0.469. The van der Waals surface area contributed by atoms with Crippen molar-refractivity contribution in [1.82, 2.24) is 0 Å². The van der Waals surface area contributed by atoms with Crippen molar-refractivity contribution in [2.24, 2.45) is 5.73 Å². The van der Waals surface area contributed by atoms with Gasteiger partial charge in [-0.25, -0.2) is 0 Å². The molecule has 2 N–H and O–H groups in total. The summed E-state index contributed by atoms with van der Waals surface area (Å²) < 4.78 is 4.73. The lowest BCUT2D eigenvalue weighted by Crippen LogP contribution is -2.13. The van der Waals surface area contributed by atoms with Crippen molar-refractivity contribution in [2.75, 3.05) is 13.2 Å². The number of hydrogen-bond donors (Lipinski definition) is 1. The molecule has 0 spiro atoms. The molecule has 0 radical (unpaired) electrons. The average Bonchev–Trinajstić information content (AvgIpc) is 2.12. The Morgan fingerprint density at radius 1 is 1.23 bits per heavy atom. The number of hydrogen-bond acceptors (Lipinski definition) is 4. The van der Waals surface area contributed by atoms with Crippen LogP contribution in [0.1, 0.15) is 32.6 Å². The van der Waals surface area contributed by atoms with E-state index in [0.717, 1.165) is 6.42 Å². The molecule has 0 aliphatic heterocycles. The summed E-state index contributed by atoms with van der Waals surface area (Å²) >= 11 is 0. The first-order valence-electron chi connectivity index (χ1n) is 4.58. The minimum atomic E-state index is -0.192. The van der Waals surface area contributed by atoms with Crippen LogP contribution in [-0.4, -0.2) is 24.9 Å². The van der Waals surface area contributed by atoms with Crippen LogP contribution in [0.4, 0.5) is 0 Å². The van der Waals surface area contributed by atoms with E-state index in [-0.39, 0.29) is 18.3 Å². The Labute approximate surface area is 78.4 Å². The number of esters is 1. The highest BCUT2D eigenvalue weighted by Crippen LogP contribution is 2.01. The lowest BCUT2D eigenvalue weighted by Gasteiger charge is -2.00. The molecule has 0 unspecified atom stereocenters. The van der Waals surface area contributed by atoms with Crippen LogP contribution in [0.3, 0.4) is 0 Å². The number of ether oxygens (including phenoxy) is 1. The van der Waals surface area contributed by atoms with Crippen molar-refractivity contribution >= 4 is 11.8 Å². The normalized spacial score (nSPS) is 9.69. The zero-order chi connectivity index (χ0) is 10.1. The Morgan fingerprint density at radius 3 is 2.38 bits per heavy atom. The van der Waals surface area contributed by atoms with Crippen LogP contribution in [0.5, 0.6) is 0 Å². The molecule has 0 heterocycles. The Kier molecular flexibility index (Phi) is 7.20. The summed E-state index contributed by atoms with van der Waals surface area (Å²) in [7, 11) is 0. The first kappa shape index (κ1) is 12.1. The Hall–Kier alpha value is -0.900. The highest BCUT2D eigenvalue weighted by atomic mass is 16.5. The predicted octanol–water partition coefficient (Wildman–Crippen LogP) is 0.638. The lowest BCUT2D eigenvalue weighted by molar-refractivity contribution is -0.143. The van der Waals surface area contributed by atoms with E-state index in [4.69, 9.17) is 10.5 Å². The second-order valence-electron chi connectivity index (χ2n) is 2.75. The smallest absolute Gasteiger partial charge is 0.305 e. The molecule has 76 valence electrons. The molecule has 0 aromatic heterocycles. The van der Waals surface area contributed by atoms with E-state index >= 15 is 0 Å². The monoisotopic (exact) mass is 187 g/mol. The summed E-state index contributed by atoms with van der Waals surface area (Å²) in [5, 5.41) is 0. The molecule has 0 saturated carbocycles. The maximum Gasteiger partial charge on any atom is 0.305 e. The van der Waals surface area contributed by atoms with E-state index < -0.39 is 0 Å². The van der Waals surface area contributed by atoms with Gasteiger partial charge in [-0.05, 0) is 19.8 Å². The van der Waals surface area contributed by atoms with Gasteiger partial charge in [0.1, 0.15) is 5.78 Å². The molecule has 0 atom stereocenters. The number of Topliss-reactive ketones (excluding diaryl/α,β-unsaturated/α-hetero) is 1. The molecule has 0 amide bonds. The fourth-order valence-electron chi connectivity index (χ4n) is 0.927. The second kappa shape index (κ2) is 7.73. The van der Waals surface area contributed by atoms with Gasteiger partial charge in [-0.2, -0.15) is 0 Å². The van der Waals surface area contributed by atoms with E-state index in [0.29, 0.717) is 25.9 Å². The molecule has 13 heavy (non-hydrogen) atoms. The van der Waals surface area contributed by atoms with E-state index in [9.17, 15) is 9.59 Å². The summed E-state index contributed by atoms with van der Waals surface area (Å²) in [5.41, 5.74) is 5.12. The maximum absolute atomic E-state index is 10.8. The van der Waals surface area contributed by atoms with Crippen molar-refractivity contribution in [1.29, 1.82) is 0 Å². The van der Waals surface area contributed by atoms with E-state index in [1.165, 1.54) is 0 Å². The van der Waals surface area contributed by atoms with Crippen LogP contribution in [0, 0.1) is 0 Å². The summed E-state index contributed by atoms with van der Waals surface area (Å²) in [6, 6.07) is 0. The molecular formula is C9H17NO3. The van der Waals surface area contributed by atoms with Gasteiger partial charge in [0.2, 0.25) is 0 Å². The third-order valence-electron chi connectivity index (χ3n) is 1.62.